The van der Waals surface area contributed by atoms with Gasteiger partial charge in [0.25, 0.3) is 0 Å². The van der Waals surface area contributed by atoms with Gasteiger partial charge in [-0.15, -0.1) is 0 Å². The minimum Gasteiger partial charge on any atom is -0.293 e. The molecule has 0 fully saturated rings. The Balaban J connectivity index is 3.27. The maximum Gasteiger partial charge on any atom is 0.178 e. The molecule has 58 valence electrons. The molecule has 0 aliphatic carbocycles. The number of ketones is 1. The first kappa shape index (κ1) is 8.21. The van der Waals surface area contributed by atoms with Crippen molar-refractivity contribution in [2.45, 2.75) is 13.8 Å². The van der Waals surface area contributed by atoms with Gasteiger partial charge >= 0.3 is 0 Å². The second kappa shape index (κ2) is 3.01. The lowest BCUT2D eigenvalue weighted by molar-refractivity contribution is 0.101. The van der Waals surface area contributed by atoms with Crippen LogP contribution in [0.4, 0.5) is 0 Å². The maximum atomic E-state index is 10.9. The summed E-state index contributed by atoms with van der Waals surface area (Å²) in [6.07, 6.45) is 1.53. The van der Waals surface area contributed by atoms with Crippen LogP contribution in [-0.2, 0) is 0 Å². The number of aromatic nitrogens is 1. The van der Waals surface area contributed by atoms with Crippen LogP contribution < -0.4 is 0 Å². The summed E-state index contributed by atoms with van der Waals surface area (Å²) < 4.78 is 0. The third-order valence-electron chi connectivity index (χ3n) is 1.47. The summed E-state index contributed by atoms with van der Waals surface area (Å²) in [4.78, 5) is 14.8. The van der Waals surface area contributed by atoms with Gasteiger partial charge in [-0.25, -0.2) is 0 Å². The van der Waals surface area contributed by atoms with Crippen molar-refractivity contribution in [2.75, 3.05) is 0 Å². The Morgan fingerprint density at radius 2 is 2.27 bits per heavy atom. The highest BCUT2D eigenvalue weighted by Crippen LogP contribution is 2.16. The molecule has 0 radical (unpaired) electrons. The monoisotopic (exact) mass is 169 g/mol. The van der Waals surface area contributed by atoms with Crippen molar-refractivity contribution in [1.82, 2.24) is 4.98 Å². The minimum absolute atomic E-state index is 0.0509. The van der Waals surface area contributed by atoms with Crippen LogP contribution in [0.3, 0.4) is 0 Å². The van der Waals surface area contributed by atoms with E-state index in [-0.39, 0.29) is 5.78 Å². The van der Waals surface area contributed by atoms with Gasteiger partial charge in [0.15, 0.2) is 5.78 Å². The summed E-state index contributed by atoms with van der Waals surface area (Å²) in [5.41, 5.74) is 1.21. The lowest BCUT2D eigenvalue weighted by Crippen LogP contribution is -1.99. The highest BCUT2D eigenvalue weighted by Gasteiger charge is 2.06. The van der Waals surface area contributed by atoms with E-state index in [1.54, 1.807) is 13.0 Å². The van der Waals surface area contributed by atoms with Crippen LogP contribution >= 0.6 is 11.6 Å². The summed E-state index contributed by atoms with van der Waals surface area (Å²) in [5.74, 6) is -0.0509. The molecule has 1 aromatic rings. The van der Waals surface area contributed by atoms with Crippen molar-refractivity contribution in [3.8, 4) is 0 Å². The molecule has 1 heterocycles. The Bertz CT molecular complexity index is 296. The molecule has 0 aliphatic rings. The maximum absolute atomic E-state index is 10.9. The standard InChI is InChI=1S/C8H8ClNO/c1-5-7(9)3-4-10-8(5)6(2)11/h3-4H,1-2H3. The molecule has 0 saturated carbocycles. The zero-order valence-electron chi connectivity index (χ0n) is 6.39. The number of hydrogen-bond acceptors (Lipinski definition) is 2. The molecule has 3 heteroatoms. The van der Waals surface area contributed by atoms with Crippen LogP contribution in [0.5, 0.6) is 0 Å². The zero-order valence-corrected chi connectivity index (χ0v) is 7.14. The summed E-state index contributed by atoms with van der Waals surface area (Å²) >= 11 is 5.77. The van der Waals surface area contributed by atoms with Crippen LogP contribution in [0.1, 0.15) is 23.0 Å². The number of nitrogens with zero attached hydrogens (tertiary/aromatic N) is 1. The molecule has 0 amide bonds. The molecule has 1 aromatic heterocycles. The van der Waals surface area contributed by atoms with Gasteiger partial charge in [-0.1, -0.05) is 11.6 Å². The number of halogens is 1. The topological polar surface area (TPSA) is 30.0 Å². The quantitative estimate of drug-likeness (QED) is 0.604. The van der Waals surface area contributed by atoms with E-state index in [4.69, 9.17) is 11.6 Å². The van der Waals surface area contributed by atoms with Crippen LogP contribution in [-0.4, -0.2) is 10.8 Å². The van der Waals surface area contributed by atoms with Gasteiger partial charge in [-0.05, 0) is 18.6 Å². The predicted octanol–water partition coefficient (Wildman–Crippen LogP) is 2.25. The van der Waals surface area contributed by atoms with Crippen LogP contribution in [0.25, 0.3) is 0 Å². The Morgan fingerprint density at radius 1 is 1.64 bits per heavy atom. The average Bonchev–Trinajstić information content (AvgIpc) is 1.94. The molecule has 2 nitrogen and oxygen atoms in total. The highest BCUT2D eigenvalue weighted by molar-refractivity contribution is 6.31. The number of Topliss-reactive ketones (excluding diaryl/α,β-unsaturated/α-hetero) is 1. The normalized spacial score (nSPS) is 9.73. The molecule has 0 bridgehead atoms. The fourth-order valence-electron chi connectivity index (χ4n) is 0.867. The van der Waals surface area contributed by atoms with Crippen molar-refractivity contribution in [2.24, 2.45) is 0 Å². The second-order valence-corrected chi connectivity index (χ2v) is 2.73. The van der Waals surface area contributed by atoms with Gasteiger partial charge in [0, 0.05) is 18.1 Å². The first-order valence-corrected chi connectivity index (χ1v) is 3.62. The number of carbonyl (C=O) groups excluding carboxylic acids is 1. The van der Waals surface area contributed by atoms with E-state index >= 15 is 0 Å². The van der Waals surface area contributed by atoms with Gasteiger partial charge in [-0.3, -0.25) is 9.78 Å². The van der Waals surface area contributed by atoms with Crippen molar-refractivity contribution in [3.63, 3.8) is 0 Å². The smallest absolute Gasteiger partial charge is 0.178 e. The molecule has 1 rings (SSSR count). The Kier molecular flexibility index (Phi) is 2.25. The third kappa shape index (κ3) is 1.57. The largest absolute Gasteiger partial charge is 0.293 e. The van der Waals surface area contributed by atoms with Crippen molar-refractivity contribution < 1.29 is 4.79 Å². The van der Waals surface area contributed by atoms with Crippen molar-refractivity contribution >= 4 is 17.4 Å². The molecule has 0 N–H and O–H groups in total. The fourth-order valence-corrected chi connectivity index (χ4v) is 1.01. The van der Waals surface area contributed by atoms with E-state index in [1.165, 1.54) is 13.1 Å². The second-order valence-electron chi connectivity index (χ2n) is 2.32. The lowest BCUT2D eigenvalue weighted by Gasteiger charge is -2.00. The van der Waals surface area contributed by atoms with E-state index in [1.807, 2.05) is 0 Å². The SMILES string of the molecule is CC(=O)c1nccc(Cl)c1C. The van der Waals surface area contributed by atoms with Crippen molar-refractivity contribution in [3.05, 3.63) is 28.5 Å². The molecule has 0 atom stereocenters. The van der Waals surface area contributed by atoms with Gasteiger partial charge in [0.2, 0.25) is 0 Å². The Labute approximate surface area is 70.2 Å². The van der Waals surface area contributed by atoms with E-state index in [0.29, 0.717) is 10.7 Å². The Morgan fingerprint density at radius 3 is 2.73 bits per heavy atom. The average molecular weight is 170 g/mol. The number of hydrogen-bond donors (Lipinski definition) is 0. The van der Waals surface area contributed by atoms with E-state index in [0.717, 1.165) is 5.56 Å². The van der Waals surface area contributed by atoms with Gasteiger partial charge in [0.05, 0.1) is 0 Å². The highest BCUT2D eigenvalue weighted by atomic mass is 35.5. The third-order valence-corrected chi connectivity index (χ3v) is 1.88. The first-order valence-electron chi connectivity index (χ1n) is 3.25. The van der Waals surface area contributed by atoms with Gasteiger partial charge in [0.1, 0.15) is 5.69 Å². The predicted molar refractivity (Wildman–Crippen MR) is 44.0 cm³/mol. The summed E-state index contributed by atoms with van der Waals surface area (Å²) in [6.45, 7) is 3.26. The van der Waals surface area contributed by atoms with Crippen molar-refractivity contribution in [1.29, 1.82) is 0 Å². The van der Waals surface area contributed by atoms with Crippen LogP contribution in [0.2, 0.25) is 5.02 Å². The van der Waals surface area contributed by atoms with E-state index in [9.17, 15) is 4.79 Å². The molecule has 11 heavy (non-hydrogen) atoms. The van der Waals surface area contributed by atoms with Gasteiger partial charge in [-0.2, -0.15) is 0 Å². The summed E-state index contributed by atoms with van der Waals surface area (Å²) in [5, 5.41) is 0.588. The fraction of sp³-hybridized carbons (Fsp3) is 0.250. The summed E-state index contributed by atoms with van der Waals surface area (Å²) in [6, 6.07) is 1.67. The zero-order chi connectivity index (χ0) is 8.43. The van der Waals surface area contributed by atoms with Crippen LogP contribution in [0, 0.1) is 6.92 Å². The van der Waals surface area contributed by atoms with E-state index < -0.39 is 0 Å². The molecule has 0 aromatic carbocycles. The molecular weight excluding hydrogens is 162 g/mol. The van der Waals surface area contributed by atoms with Gasteiger partial charge < -0.3 is 0 Å². The molecule has 0 aliphatic heterocycles. The number of rotatable bonds is 1. The Hall–Kier alpha value is -0.890. The van der Waals surface area contributed by atoms with E-state index in [2.05, 4.69) is 4.98 Å². The minimum atomic E-state index is -0.0509. The summed E-state index contributed by atoms with van der Waals surface area (Å²) in [7, 11) is 0. The molecular formula is C8H8ClNO. The number of pyridine rings is 1. The molecule has 0 saturated heterocycles. The first-order chi connectivity index (χ1) is 5.13. The van der Waals surface area contributed by atoms with Crippen LogP contribution in [0.15, 0.2) is 12.3 Å². The number of carbonyl (C=O) groups is 1. The lowest BCUT2D eigenvalue weighted by atomic mass is 10.2. The molecule has 0 spiro atoms. The molecule has 0 unspecified atom stereocenters.